The van der Waals surface area contributed by atoms with Gasteiger partial charge < -0.3 is 5.32 Å². The zero-order valence-corrected chi connectivity index (χ0v) is 13.1. The molecule has 1 nitrogen and oxygen atoms in total. The summed E-state index contributed by atoms with van der Waals surface area (Å²) < 4.78 is 1.14. The molecule has 0 bridgehead atoms. The lowest BCUT2D eigenvalue weighted by atomic mass is 10.1. The van der Waals surface area contributed by atoms with Crippen LogP contribution in [0, 0.1) is 0 Å². The Balaban J connectivity index is 1.88. The molecule has 0 fully saturated rings. The van der Waals surface area contributed by atoms with Crippen molar-refractivity contribution in [2.45, 2.75) is 32.4 Å². The highest BCUT2D eigenvalue weighted by atomic mass is 79.9. The summed E-state index contributed by atoms with van der Waals surface area (Å²) in [6.07, 6.45) is 1.06. The van der Waals surface area contributed by atoms with Crippen molar-refractivity contribution in [3.8, 4) is 0 Å². The number of hydrogen-bond acceptors (Lipinski definition) is 2. The smallest absolute Gasteiger partial charge is 0.0388 e. The second-order valence-corrected chi connectivity index (χ2v) is 6.53. The molecule has 1 N–H and O–H groups in total. The molecule has 2 atom stereocenters. The van der Waals surface area contributed by atoms with E-state index >= 15 is 0 Å². The Morgan fingerprint density at radius 3 is 2.50 bits per heavy atom. The number of hydrogen-bond donors (Lipinski definition) is 1. The molecule has 0 aliphatic heterocycles. The Labute approximate surface area is 121 Å². The lowest BCUT2D eigenvalue weighted by molar-refractivity contribution is 0.482. The molecule has 96 valence electrons. The van der Waals surface area contributed by atoms with Crippen molar-refractivity contribution in [1.82, 2.24) is 5.32 Å². The minimum absolute atomic E-state index is 0.426. The van der Waals surface area contributed by atoms with Gasteiger partial charge >= 0.3 is 0 Å². The monoisotopic (exact) mass is 323 g/mol. The molecule has 0 aliphatic rings. The fourth-order valence-corrected chi connectivity index (χ4v) is 3.09. The first kappa shape index (κ1) is 13.8. The Bertz CT molecular complexity index is 464. The summed E-state index contributed by atoms with van der Waals surface area (Å²) in [5.41, 5.74) is 1.37. The van der Waals surface area contributed by atoms with Gasteiger partial charge in [-0.25, -0.2) is 0 Å². The number of thiophene rings is 1. The minimum Gasteiger partial charge on any atom is -0.307 e. The van der Waals surface area contributed by atoms with Gasteiger partial charge in [-0.15, -0.1) is 11.3 Å². The van der Waals surface area contributed by atoms with Gasteiger partial charge in [0, 0.05) is 21.4 Å². The Morgan fingerprint density at radius 1 is 1.17 bits per heavy atom. The Morgan fingerprint density at radius 2 is 1.89 bits per heavy atom. The van der Waals surface area contributed by atoms with Gasteiger partial charge in [0.1, 0.15) is 0 Å². The van der Waals surface area contributed by atoms with Crippen molar-refractivity contribution < 1.29 is 0 Å². The molecule has 0 radical (unpaired) electrons. The molecule has 0 saturated heterocycles. The molecular formula is C15H18BrNS. The summed E-state index contributed by atoms with van der Waals surface area (Å²) in [6.45, 7) is 4.47. The number of benzene rings is 1. The zero-order chi connectivity index (χ0) is 13.0. The van der Waals surface area contributed by atoms with Crippen molar-refractivity contribution in [2.75, 3.05) is 0 Å². The standard InChI is InChI=1S/C15H18BrNS/c1-11(10-13-5-7-14(16)8-6-13)17-12(2)15-4-3-9-18-15/h3-9,11-12,17H,10H2,1-2H3/t11?,12-/m0/s1. The Hall–Kier alpha value is -0.640. The zero-order valence-electron chi connectivity index (χ0n) is 10.7. The summed E-state index contributed by atoms with van der Waals surface area (Å²) in [7, 11) is 0. The summed E-state index contributed by atoms with van der Waals surface area (Å²) in [4.78, 5) is 1.40. The summed E-state index contributed by atoms with van der Waals surface area (Å²) >= 11 is 5.28. The average Bonchev–Trinajstić information content (AvgIpc) is 2.85. The fraction of sp³-hybridized carbons (Fsp3) is 0.333. The maximum atomic E-state index is 3.64. The van der Waals surface area contributed by atoms with Crippen LogP contribution in [0.1, 0.15) is 30.3 Å². The van der Waals surface area contributed by atoms with E-state index in [0.717, 1.165) is 10.9 Å². The molecule has 1 unspecified atom stereocenters. The highest BCUT2D eigenvalue weighted by Crippen LogP contribution is 2.19. The van der Waals surface area contributed by atoms with Gasteiger partial charge in [0.2, 0.25) is 0 Å². The lowest BCUT2D eigenvalue weighted by Crippen LogP contribution is -2.30. The van der Waals surface area contributed by atoms with Crippen LogP contribution in [0.2, 0.25) is 0 Å². The van der Waals surface area contributed by atoms with E-state index in [4.69, 9.17) is 0 Å². The maximum absolute atomic E-state index is 3.64. The fourth-order valence-electron chi connectivity index (χ4n) is 2.08. The third-order valence-corrected chi connectivity index (χ3v) is 4.54. The van der Waals surface area contributed by atoms with E-state index in [1.54, 1.807) is 0 Å². The molecule has 1 aromatic carbocycles. The molecule has 1 aromatic heterocycles. The quantitative estimate of drug-likeness (QED) is 0.833. The van der Waals surface area contributed by atoms with Gasteiger partial charge in [-0.05, 0) is 49.4 Å². The van der Waals surface area contributed by atoms with Crippen molar-refractivity contribution in [3.05, 3.63) is 56.7 Å². The van der Waals surface area contributed by atoms with E-state index in [1.807, 2.05) is 11.3 Å². The van der Waals surface area contributed by atoms with Crippen molar-refractivity contribution in [3.63, 3.8) is 0 Å². The van der Waals surface area contributed by atoms with Crippen LogP contribution in [0.5, 0.6) is 0 Å². The van der Waals surface area contributed by atoms with Crippen molar-refractivity contribution in [2.24, 2.45) is 0 Å². The number of nitrogens with one attached hydrogen (secondary N) is 1. The van der Waals surface area contributed by atoms with Gasteiger partial charge in [-0.3, -0.25) is 0 Å². The summed E-state index contributed by atoms with van der Waals surface area (Å²) in [5.74, 6) is 0. The predicted octanol–water partition coefficient (Wildman–Crippen LogP) is 4.79. The molecule has 18 heavy (non-hydrogen) atoms. The van der Waals surface area contributed by atoms with Crippen LogP contribution in [0.4, 0.5) is 0 Å². The maximum Gasteiger partial charge on any atom is 0.0388 e. The first-order chi connectivity index (χ1) is 8.65. The predicted molar refractivity (Wildman–Crippen MR) is 83.2 cm³/mol. The molecule has 1 heterocycles. The topological polar surface area (TPSA) is 12.0 Å². The third-order valence-electron chi connectivity index (χ3n) is 2.96. The van der Waals surface area contributed by atoms with Crippen molar-refractivity contribution >= 4 is 27.3 Å². The average molecular weight is 324 g/mol. The van der Waals surface area contributed by atoms with Crippen LogP contribution in [0.15, 0.2) is 46.3 Å². The van der Waals surface area contributed by atoms with Gasteiger partial charge in [0.15, 0.2) is 0 Å². The van der Waals surface area contributed by atoms with Gasteiger partial charge in [0.25, 0.3) is 0 Å². The molecule has 2 rings (SSSR count). The van der Waals surface area contributed by atoms with E-state index in [9.17, 15) is 0 Å². The molecule has 0 amide bonds. The van der Waals surface area contributed by atoms with Gasteiger partial charge in [0.05, 0.1) is 0 Å². The first-order valence-electron chi connectivity index (χ1n) is 6.19. The molecule has 0 spiro atoms. The number of rotatable bonds is 5. The second-order valence-electron chi connectivity index (χ2n) is 4.64. The van der Waals surface area contributed by atoms with Crippen LogP contribution < -0.4 is 5.32 Å². The summed E-state index contributed by atoms with van der Waals surface area (Å²) in [5, 5.41) is 5.78. The van der Waals surface area contributed by atoms with E-state index in [1.165, 1.54) is 10.4 Å². The van der Waals surface area contributed by atoms with Crippen LogP contribution >= 0.6 is 27.3 Å². The molecule has 3 heteroatoms. The minimum atomic E-state index is 0.426. The summed E-state index contributed by atoms with van der Waals surface area (Å²) in [6, 6.07) is 13.8. The lowest BCUT2D eigenvalue weighted by Gasteiger charge is -2.19. The SMILES string of the molecule is CC(Cc1ccc(Br)cc1)N[C@@H](C)c1cccs1. The highest BCUT2D eigenvalue weighted by molar-refractivity contribution is 9.10. The van der Waals surface area contributed by atoms with Gasteiger partial charge in [-0.1, -0.05) is 34.1 Å². The van der Waals surface area contributed by atoms with Gasteiger partial charge in [-0.2, -0.15) is 0 Å². The first-order valence-corrected chi connectivity index (χ1v) is 7.86. The molecular weight excluding hydrogens is 306 g/mol. The van der Waals surface area contributed by atoms with Crippen LogP contribution in [0.3, 0.4) is 0 Å². The number of halogens is 1. The highest BCUT2D eigenvalue weighted by Gasteiger charge is 2.10. The van der Waals surface area contributed by atoms with E-state index < -0.39 is 0 Å². The van der Waals surface area contributed by atoms with Crippen LogP contribution in [0.25, 0.3) is 0 Å². The molecule has 2 aromatic rings. The molecule has 0 saturated carbocycles. The largest absolute Gasteiger partial charge is 0.307 e. The van der Waals surface area contributed by atoms with Crippen molar-refractivity contribution in [1.29, 1.82) is 0 Å². The van der Waals surface area contributed by atoms with Crippen LogP contribution in [-0.2, 0) is 6.42 Å². The van der Waals surface area contributed by atoms with E-state index in [-0.39, 0.29) is 0 Å². The second kappa shape index (κ2) is 6.50. The third kappa shape index (κ3) is 3.94. The molecule has 0 aliphatic carbocycles. The van der Waals surface area contributed by atoms with E-state index in [0.29, 0.717) is 12.1 Å². The van der Waals surface area contributed by atoms with E-state index in [2.05, 4.69) is 76.9 Å². The normalized spacial score (nSPS) is 14.4. The van der Waals surface area contributed by atoms with Crippen LogP contribution in [-0.4, -0.2) is 6.04 Å². The Kier molecular flexibility index (Phi) is 4.98.